The second kappa shape index (κ2) is 4.55. The van der Waals surface area contributed by atoms with Gasteiger partial charge in [0.25, 0.3) is 0 Å². The summed E-state index contributed by atoms with van der Waals surface area (Å²) in [5.74, 6) is 0.476. The molecule has 0 heterocycles. The summed E-state index contributed by atoms with van der Waals surface area (Å²) < 4.78 is 0. The van der Waals surface area contributed by atoms with Gasteiger partial charge < -0.3 is 0 Å². The highest BCUT2D eigenvalue weighted by molar-refractivity contribution is 5.23. The molecule has 0 spiro atoms. The second-order valence-electron chi connectivity index (χ2n) is 2.82. The van der Waals surface area contributed by atoms with Gasteiger partial charge >= 0.3 is 0 Å². The van der Waals surface area contributed by atoms with Gasteiger partial charge in [0.05, 0.1) is 0 Å². The van der Waals surface area contributed by atoms with E-state index in [0.29, 0.717) is 5.92 Å². The highest BCUT2D eigenvalue weighted by Crippen LogP contribution is 2.15. The normalized spacial score (nSPS) is 13.1. The molecular formula is C12H14. The van der Waals surface area contributed by atoms with Gasteiger partial charge in [-0.25, -0.2) is 0 Å². The second-order valence-corrected chi connectivity index (χ2v) is 2.82. The Kier molecular flexibility index (Phi) is 3.34. The summed E-state index contributed by atoms with van der Waals surface area (Å²) in [7, 11) is 0. The zero-order valence-corrected chi connectivity index (χ0v) is 7.40. The van der Waals surface area contributed by atoms with Crippen molar-refractivity contribution >= 4 is 0 Å². The monoisotopic (exact) mass is 158 g/mol. The van der Waals surface area contributed by atoms with E-state index in [-0.39, 0.29) is 0 Å². The number of benzene rings is 1. The van der Waals surface area contributed by atoms with Crippen LogP contribution in [-0.4, -0.2) is 0 Å². The molecule has 0 saturated carbocycles. The standard InChI is InChI=1S/C12H14/c1-3-4-8-11(2)12-9-6-5-7-10-12/h3-11H,1H2,2H3/b8-4+. The summed E-state index contributed by atoms with van der Waals surface area (Å²) in [4.78, 5) is 0. The van der Waals surface area contributed by atoms with Crippen molar-refractivity contribution < 1.29 is 0 Å². The molecule has 1 unspecified atom stereocenters. The van der Waals surface area contributed by atoms with E-state index >= 15 is 0 Å². The zero-order valence-electron chi connectivity index (χ0n) is 7.40. The molecule has 12 heavy (non-hydrogen) atoms. The summed E-state index contributed by atoms with van der Waals surface area (Å²) in [5.41, 5.74) is 1.34. The summed E-state index contributed by atoms with van der Waals surface area (Å²) >= 11 is 0. The van der Waals surface area contributed by atoms with Gasteiger partial charge in [-0.3, -0.25) is 0 Å². The Bertz CT molecular complexity index is 257. The Morgan fingerprint density at radius 3 is 2.50 bits per heavy atom. The van der Waals surface area contributed by atoms with Gasteiger partial charge in [0.2, 0.25) is 0 Å². The van der Waals surface area contributed by atoms with E-state index in [2.05, 4.69) is 43.8 Å². The molecule has 0 fully saturated rings. The van der Waals surface area contributed by atoms with Crippen molar-refractivity contribution in [2.24, 2.45) is 0 Å². The van der Waals surface area contributed by atoms with E-state index in [0.717, 1.165) is 0 Å². The molecule has 0 aliphatic carbocycles. The fourth-order valence-electron chi connectivity index (χ4n) is 1.11. The Morgan fingerprint density at radius 2 is 1.92 bits per heavy atom. The molecule has 1 atom stereocenters. The van der Waals surface area contributed by atoms with Gasteiger partial charge in [0.15, 0.2) is 0 Å². The van der Waals surface area contributed by atoms with Crippen LogP contribution < -0.4 is 0 Å². The SMILES string of the molecule is C=C/C=C/C(C)c1ccccc1. The van der Waals surface area contributed by atoms with Gasteiger partial charge in [0.1, 0.15) is 0 Å². The van der Waals surface area contributed by atoms with Crippen molar-refractivity contribution in [3.8, 4) is 0 Å². The van der Waals surface area contributed by atoms with Crippen molar-refractivity contribution in [2.45, 2.75) is 12.8 Å². The molecule has 1 rings (SSSR count). The quantitative estimate of drug-likeness (QED) is 0.590. The third kappa shape index (κ3) is 2.39. The first kappa shape index (κ1) is 8.79. The molecular weight excluding hydrogens is 144 g/mol. The van der Waals surface area contributed by atoms with Gasteiger partial charge in [-0.05, 0) is 11.5 Å². The molecule has 0 heteroatoms. The maximum atomic E-state index is 3.64. The van der Waals surface area contributed by atoms with Crippen LogP contribution in [0.2, 0.25) is 0 Å². The molecule has 0 aliphatic rings. The predicted molar refractivity (Wildman–Crippen MR) is 54.2 cm³/mol. The minimum Gasteiger partial charge on any atom is -0.0991 e. The summed E-state index contributed by atoms with van der Waals surface area (Å²) in [6.07, 6.45) is 5.93. The summed E-state index contributed by atoms with van der Waals surface area (Å²) in [5, 5.41) is 0. The van der Waals surface area contributed by atoms with E-state index in [1.807, 2.05) is 12.1 Å². The lowest BCUT2D eigenvalue weighted by molar-refractivity contribution is 0.968. The molecule has 0 radical (unpaired) electrons. The van der Waals surface area contributed by atoms with Crippen LogP contribution in [0.15, 0.2) is 55.1 Å². The maximum absolute atomic E-state index is 3.64. The van der Waals surface area contributed by atoms with Crippen LogP contribution in [0, 0.1) is 0 Å². The molecule has 1 aromatic rings. The Morgan fingerprint density at radius 1 is 1.25 bits per heavy atom. The van der Waals surface area contributed by atoms with Crippen molar-refractivity contribution in [1.29, 1.82) is 0 Å². The van der Waals surface area contributed by atoms with E-state index in [1.165, 1.54) is 5.56 Å². The molecule has 0 bridgehead atoms. The van der Waals surface area contributed by atoms with E-state index < -0.39 is 0 Å². The number of rotatable bonds is 3. The molecule has 62 valence electrons. The van der Waals surface area contributed by atoms with E-state index in [4.69, 9.17) is 0 Å². The smallest absolute Gasteiger partial charge is 0.000732 e. The zero-order chi connectivity index (χ0) is 8.81. The van der Waals surface area contributed by atoms with E-state index in [9.17, 15) is 0 Å². The van der Waals surface area contributed by atoms with Crippen LogP contribution in [0.3, 0.4) is 0 Å². The van der Waals surface area contributed by atoms with Gasteiger partial charge in [-0.2, -0.15) is 0 Å². The Balaban J connectivity index is 2.71. The van der Waals surface area contributed by atoms with Crippen LogP contribution in [0.25, 0.3) is 0 Å². The van der Waals surface area contributed by atoms with Gasteiger partial charge in [0, 0.05) is 0 Å². The topological polar surface area (TPSA) is 0 Å². The van der Waals surface area contributed by atoms with Crippen molar-refractivity contribution in [2.75, 3.05) is 0 Å². The molecule has 0 amide bonds. The fraction of sp³-hybridized carbons (Fsp3) is 0.167. The molecule has 1 aromatic carbocycles. The van der Waals surface area contributed by atoms with Gasteiger partial charge in [-0.1, -0.05) is 62.1 Å². The molecule has 0 saturated heterocycles. The molecule has 0 N–H and O–H groups in total. The van der Waals surface area contributed by atoms with Crippen molar-refractivity contribution in [3.63, 3.8) is 0 Å². The number of hydrogen-bond acceptors (Lipinski definition) is 0. The van der Waals surface area contributed by atoms with Crippen LogP contribution in [-0.2, 0) is 0 Å². The summed E-state index contributed by atoms with van der Waals surface area (Å²) in [6.45, 7) is 5.82. The van der Waals surface area contributed by atoms with Crippen LogP contribution >= 0.6 is 0 Å². The lowest BCUT2D eigenvalue weighted by atomic mass is 10.0. The molecule has 0 aliphatic heterocycles. The molecule has 0 nitrogen and oxygen atoms in total. The Labute approximate surface area is 74.2 Å². The summed E-state index contributed by atoms with van der Waals surface area (Å²) in [6, 6.07) is 10.4. The third-order valence-corrected chi connectivity index (χ3v) is 1.86. The maximum Gasteiger partial charge on any atom is -0.000732 e. The first-order chi connectivity index (χ1) is 5.84. The fourth-order valence-corrected chi connectivity index (χ4v) is 1.11. The minimum absolute atomic E-state index is 0.476. The average molecular weight is 158 g/mol. The van der Waals surface area contributed by atoms with Gasteiger partial charge in [-0.15, -0.1) is 0 Å². The van der Waals surface area contributed by atoms with Crippen LogP contribution in [0.5, 0.6) is 0 Å². The third-order valence-electron chi connectivity index (χ3n) is 1.86. The highest BCUT2D eigenvalue weighted by Gasteiger charge is 1.97. The average Bonchev–Trinajstić information content (AvgIpc) is 2.15. The number of hydrogen-bond donors (Lipinski definition) is 0. The van der Waals surface area contributed by atoms with E-state index in [1.54, 1.807) is 6.08 Å². The van der Waals surface area contributed by atoms with Crippen molar-refractivity contribution in [3.05, 3.63) is 60.7 Å². The predicted octanol–water partition coefficient (Wildman–Crippen LogP) is 3.53. The largest absolute Gasteiger partial charge is 0.0991 e. The van der Waals surface area contributed by atoms with Crippen molar-refractivity contribution in [1.82, 2.24) is 0 Å². The first-order valence-electron chi connectivity index (χ1n) is 4.18. The van der Waals surface area contributed by atoms with Crippen LogP contribution in [0.4, 0.5) is 0 Å². The number of allylic oxidation sites excluding steroid dienone is 3. The first-order valence-corrected chi connectivity index (χ1v) is 4.18. The Hall–Kier alpha value is -1.30. The van der Waals surface area contributed by atoms with Crippen LogP contribution in [0.1, 0.15) is 18.4 Å². The lowest BCUT2D eigenvalue weighted by Gasteiger charge is -2.04. The molecule has 0 aromatic heterocycles. The lowest BCUT2D eigenvalue weighted by Crippen LogP contribution is -1.86. The highest BCUT2D eigenvalue weighted by atomic mass is 14.0. The minimum atomic E-state index is 0.476.